The van der Waals surface area contributed by atoms with Crippen molar-refractivity contribution in [1.82, 2.24) is 5.32 Å². The van der Waals surface area contributed by atoms with E-state index in [1.807, 2.05) is 0 Å². The minimum absolute atomic E-state index is 0.138. The van der Waals surface area contributed by atoms with Gasteiger partial charge in [-0.15, -0.1) is 0 Å². The number of hydrogen-bond donors (Lipinski definition) is 1. The van der Waals surface area contributed by atoms with Crippen molar-refractivity contribution in [2.75, 3.05) is 11.5 Å². The van der Waals surface area contributed by atoms with Crippen molar-refractivity contribution in [3.63, 3.8) is 0 Å². The molecule has 1 aromatic rings. The number of amides is 1. The molecule has 0 saturated heterocycles. The average Bonchev–Trinajstić information content (AvgIpc) is 2.44. The lowest BCUT2D eigenvalue weighted by Gasteiger charge is -2.13. The number of rotatable bonds is 8. The van der Waals surface area contributed by atoms with Crippen molar-refractivity contribution in [3.05, 3.63) is 35.1 Å². The van der Waals surface area contributed by atoms with Crippen LogP contribution in [-0.4, -0.2) is 17.4 Å². The molecule has 0 saturated carbocycles. The lowest BCUT2D eigenvalue weighted by molar-refractivity contribution is -0.138. The summed E-state index contributed by atoms with van der Waals surface area (Å²) in [6.45, 7) is 1.82. The first kappa shape index (κ1) is 18.8. The van der Waals surface area contributed by atoms with E-state index in [4.69, 9.17) is 0 Å². The van der Waals surface area contributed by atoms with Crippen molar-refractivity contribution >= 4 is 17.7 Å². The van der Waals surface area contributed by atoms with E-state index in [9.17, 15) is 22.4 Å². The number of unbranched alkanes of at least 4 members (excludes halogenated alkanes) is 1. The second-order valence-corrected chi connectivity index (χ2v) is 6.02. The van der Waals surface area contributed by atoms with Gasteiger partial charge in [-0.2, -0.15) is 24.9 Å². The van der Waals surface area contributed by atoms with Gasteiger partial charge in [0.05, 0.1) is 5.56 Å². The Morgan fingerprint density at radius 2 is 2.00 bits per heavy atom. The maximum Gasteiger partial charge on any atom is 0.416 e. The van der Waals surface area contributed by atoms with Crippen molar-refractivity contribution in [2.45, 2.75) is 38.9 Å². The molecule has 1 N–H and O–H groups in total. The summed E-state index contributed by atoms with van der Waals surface area (Å²) in [5.41, 5.74) is -1.19. The van der Waals surface area contributed by atoms with Crippen molar-refractivity contribution in [2.24, 2.45) is 0 Å². The zero-order valence-corrected chi connectivity index (χ0v) is 13.1. The quantitative estimate of drug-likeness (QED) is 0.563. The van der Waals surface area contributed by atoms with Gasteiger partial charge in [0, 0.05) is 18.7 Å². The Morgan fingerprint density at radius 1 is 1.27 bits per heavy atom. The first-order valence-corrected chi connectivity index (χ1v) is 8.20. The Bertz CT molecular complexity index is 491. The number of thioether (sulfide) groups is 1. The maximum atomic E-state index is 13.0. The highest BCUT2D eigenvalue weighted by atomic mass is 32.2. The fourth-order valence-electron chi connectivity index (χ4n) is 1.76. The van der Waals surface area contributed by atoms with E-state index in [0.29, 0.717) is 11.8 Å². The second kappa shape index (κ2) is 9.02. The van der Waals surface area contributed by atoms with Crippen molar-refractivity contribution in [1.29, 1.82) is 0 Å². The largest absolute Gasteiger partial charge is 0.416 e. The van der Waals surface area contributed by atoms with Crippen LogP contribution in [0.2, 0.25) is 0 Å². The Kier molecular flexibility index (Phi) is 7.72. The Labute approximate surface area is 131 Å². The molecule has 0 heterocycles. The van der Waals surface area contributed by atoms with Crippen LogP contribution in [0.25, 0.3) is 0 Å². The molecule has 0 aromatic heterocycles. The molecule has 0 radical (unpaired) electrons. The van der Waals surface area contributed by atoms with Crippen LogP contribution >= 0.6 is 11.8 Å². The highest BCUT2D eigenvalue weighted by Gasteiger charge is 2.33. The first-order chi connectivity index (χ1) is 10.3. The molecule has 0 aliphatic heterocycles. The topological polar surface area (TPSA) is 29.1 Å². The molecular formula is C15H19F4NOS. The summed E-state index contributed by atoms with van der Waals surface area (Å²) in [7, 11) is 0. The average molecular weight is 337 g/mol. The van der Waals surface area contributed by atoms with E-state index in [1.54, 1.807) is 11.8 Å². The molecule has 0 bridgehead atoms. The first-order valence-electron chi connectivity index (χ1n) is 7.04. The van der Waals surface area contributed by atoms with E-state index >= 15 is 0 Å². The SMILES string of the molecule is CCCCSCCC(=O)NCc1ccc(F)cc1C(F)(F)F. The molecule has 0 aliphatic carbocycles. The molecule has 0 fully saturated rings. The summed E-state index contributed by atoms with van der Waals surface area (Å²) in [6.07, 6.45) is -2.21. The third kappa shape index (κ3) is 6.68. The van der Waals surface area contributed by atoms with Crippen LogP contribution in [0.5, 0.6) is 0 Å². The smallest absolute Gasteiger partial charge is 0.352 e. The van der Waals surface area contributed by atoms with Crippen LogP contribution in [0.1, 0.15) is 37.3 Å². The van der Waals surface area contributed by atoms with Crippen LogP contribution in [-0.2, 0) is 17.5 Å². The Hall–Kier alpha value is -1.24. The van der Waals surface area contributed by atoms with Crippen LogP contribution < -0.4 is 5.32 Å². The van der Waals surface area contributed by atoms with Gasteiger partial charge in [-0.25, -0.2) is 4.39 Å². The van der Waals surface area contributed by atoms with Crippen LogP contribution in [0, 0.1) is 5.82 Å². The number of carbonyl (C=O) groups excluding carboxylic acids is 1. The zero-order valence-electron chi connectivity index (χ0n) is 12.3. The highest BCUT2D eigenvalue weighted by molar-refractivity contribution is 7.99. The standard InChI is InChI=1S/C15H19F4NOS/c1-2-3-7-22-8-6-14(21)20-10-11-4-5-12(16)9-13(11)15(17,18)19/h4-5,9H,2-3,6-8,10H2,1H3,(H,20,21). The fourth-order valence-corrected chi connectivity index (χ4v) is 2.79. The van der Waals surface area contributed by atoms with Gasteiger partial charge in [-0.3, -0.25) is 4.79 Å². The number of halogens is 4. The molecule has 7 heteroatoms. The van der Waals surface area contributed by atoms with E-state index < -0.39 is 17.6 Å². The molecule has 0 spiro atoms. The Morgan fingerprint density at radius 3 is 2.64 bits per heavy atom. The van der Waals surface area contributed by atoms with Gasteiger partial charge in [0.2, 0.25) is 5.91 Å². The molecule has 124 valence electrons. The molecule has 0 aliphatic rings. The maximum absolute atomic E-state index is 13.0. The third-order valence-electron chi connectivity index (χ3n) is 2.97. The summed E-state index contributed by atoms with van der Waals surface area (Å²) >= 11 is 1.65. The Balaban J connectivity index is 2.49. The van der Waals surface area contributed by atoms with Gasteiger partial charge in [0.25, 0.3) is 0 Å². The van der Waals surface area contributed by atoms with Gasteiger partial charge in [-0.1, -0.05) is 19.4 Å². The van der Waals surface area contributed by atoms with Gasteiger partial charge >= 0.3 is 6.18 Å². The molecular weight excluding hydrogens is 318 g/mol. The minimum Gasteiger partial charge on any atom is -0.352 e. The molecule has 0 unspecified atom stereocenters. The minimum atomic E-state index is -4.64. The van der Waals surface area contributed by atoms with Gasteiger partial charge < -0.3 is 5.32 Å². The number of hydrogen-bond acceptors (Lipinski definition) is 2. The van der Waals surface area contributed by atoms with Gasteiger partial charge in [-0.05, 0) is 29.9 Å². The van der Waals surface area contributed by atoms with Crippen LogP contribution in [0.3, 0.4) is 0 Å². The summed E-state index contributed by atoms with van der Waals surface area (Å²) in [6, 6.07) is 2.45. The van der Waals surface area contributed by atoms with Crippen molar-refractivity contribution < 1.29 is 22.4 Å². The molecule has 1 rings (SSSR count). The summed E-state index contributed by atoms with van der Waals surface area (Å²) in [5, 5.41) is 2.45. The molecule has 1 amide bonds. The lowest BCUT2D eigenvalue weighted by Crippen LogP contribution is -2.24. The van der Waals surface area contributed by atoms with E-state index in [2.05, 4.69) is 12.2 Å². The second-order valence-electron chi connectivity index (χ2n) is 4.79. The molecule has 1 aromatic carbocycles. The van der Waals surface area contributed by atoms with Crippen LogP contribution in [0.15, 0.2) is 18.2 Å². The normalized spacial score (nSPS) is 11.5. The summed E-state index contributed by atoms with van der Waals surface area (Å²) < 4.78 is 51.3. The summed E-state index contributed by atoms with van der Waals surface area (Å²) in [4.78, 5) is 11.6. The van der Waals surface area contributed by atoms with E-state index in [1.165, 1.54) is 0 Å². The number of nitrogens with one attached hydrogen (secondary N) is 1. The number of benzene rings is 1. The lowest BCUT2D eigenvalue weighted by atomic mass is 10.1. The van der Waals surface area contributed by atoms with E-state index in [0.717, 1.165) is 30.7 Å². The molecule has 2 nitrogen and oxygen atoms in total. The molecule has 22 heavy (non-hydrogen) atoms. The highest BCUT2D eigenvalue weighted by Crippen LogP contribution is 2.32. The predicted octanol–water partition coefficient (Wildman–Crippen LogP) is 4.38. The third-order valence-corrected chi connectivity index (χ3v) is 4.04. The number of alkyl halides is 3. The van der Waals surface area contributed by atoms with E-state index in [-0.39, 0.29) is 24.4 Å². The zero-order chi connectivity index (χ0) is 16.6. The molecule has 0 atom stereocenters. The monoisotopic (exact) mass is 337 g/mol. The van der Waals surface area contributed by atoms with Crippen LogP contribution in [0.4, 0.5) is 17.6 Å². The van der Waals surface area contributed by atoms with Crippen molar-refractivity contribution in [3.8, 4) is 0 Å². The predicted molar refractivity (Wildman–Crippen MR) is 80.1 cm³/mol. The van der Waals surface area contributed by atoms with Gasteiger partial charge in [0.1, 0.15) is 5.82 Å². The summed E-state index contributed by atoms with van der Waals surface area (Å²) in [5.74, 6) is 0.359. The number of carbonyl (C=O) groups is 1. The van der Waals surface area contributed by atoms with Gasteiger partial charge in [0.15, 0.2) is 0 Å². The fraction of sp³-hybridized carbons (Fsp3) is 0.533.